The minimum absolute atomic E-state index is 0.0593. The summed E-state index contributed by atoms with van der Waals surface area (Å²) in [6.07, 6.45) is 6.81. The molecule has 2 aromatic carbocycles. The summed E-state index contributed by atoms with van der Waals surface area (Å²) in [5.41, 5.74) is 5.79. The lowest BCUT2D eigenvalue weighted by Crippen LogP contribution is -2.69. The van der Waals surface area contributed by atoms with E-state index in [1.165, 1.54) is 12.1 Å². The molecule has 8 heterocycles. The molecule has 0 unspecified atom stereocenters. The van der Waals surface area contributed by atoms with E-state index in [0.29, 0.717) is 79.0 Å². The van der Waals surface area contributed by atoms with Gasteiger partial charge in [-0.15, -0.1) is 0 Å². The number of imide groups is 1. The molecule has 4 atom stereocenters. The summed E-state index contributed by atoms with van der Waals surface area (Å²) in [5.74, 6) is -1.83. The molecule has 18 heteroatoms. The van der Waals surface area contributed by atoms with Crippen LogP contribution in [0.25, 0.3) is 22.3 Å². The number of piperidine rings is 2. The highest BCUT2D eigenvalue weighted by Crippen LogP contribution is 2.39. The van der Waals surface area contributed by atoms with E-state index in [0.717, 1.165) is 99.4 Å². The molecule has 0 spiro atoms. The van der Waals surface area contributed by atoms with E-state index in [4.69, 9.17) is 19.4 Å². The number of amides is 3. The zero-order valence-electron chi connectivity index (χ0n) is 38.9. The van der Waals surface area contributed by atoms with E-state index in [9.17, 15) is 14.4 Å². The van der Waals surface area contributed by atoms with Gasteiger partial charge in [-0.05, 0) is 99.7 Å². The highest BCUT2D eigenvalue weighted by Gasteiger charge is 2.42. The van der Waals surface area contributed by atoms with E-state index in [2.05, 4.69) is 53.2 Å². The van der Waals surface area contributed by atoms with Crippen LogP contribution in [0.1, 0.15) is 72.5 Å². The first-order valence-electron chi connectivity index (χ1n) is 24.2. The molecule has 2 N–H and O–H groups in total. The van der Waals surface area contributed by atoms with Crippen molar-refractivity contribution in [1.82, 2.24) is 39.4 Å². The Morgan fingerprint density at radius 1 is 0.824 bits per heavy atom. The number of anilines is 3. The van der Waals surface area contributed by atoms with Gasteiger partial charge >= 0.3 is 0 Å². The number of rotatable bonds is 7. The van der Waals surface area contributed by atoms with Crippen molar-refractivity contribution in [2.45, 2.75) is 82.5 Å². The molecule has 3 aromatic heterocycles. The molecule has 1 saturated carbocycles. The Hall–Kier alpha value is -5.98. The van der Waals surface area contributed by atoms with Gasteiger partial charge in [0.15, 0.2) is 0 Å². The molecule has 4 saturated heterocycles. The lowest BCUT2D eigenvalue weighted by molar-refractivity contribution is -0.134. The van der Waals surface area contributed by atoms with Crippen molar-refractivity contribution in [3.05, 3.63) is 77.1 Å². The van der Waals surface area contributed by atoms with Crippen LogP contribution in [0.3, 0.4) is 0 Å². The van der Waals surface area contributed by atoms with Crippen molar-refractivity contribution < 1.29 is 32.6 Å². The molecule has 11 rings (SSSR count). The van der Waals surface area contributed by atoms with Gasteiger partial charge < -0.3 is 23.8 Å². The zero-order chi connectivity index (χ0) is 46.8. The Morgan fingerprint density at radius 2 is 1.62 bits per heavy atom. The minimum atomic E-state index is -1.01. The number of carbonyl (C=O) groups is 3. The third kappa shape index (κ3) is 8.48. The molecule has 358 valence electrons. The first-order valence-corrected chi connectivity index (χ1v) is 24.2. The number of aryl methyl sites for hydroxylation is 2. The largest absolute Gasteiger partial charge is 0.477 e. The van der Waals surface area contributed by atoms with Gasteiger partial charge in [-0.1, -0.05) is 0 Å². The molecule has 5 fully saturated rings. The second kappa shape index (κ2) is 18.2. The van der Waals surface area contributed by atoms with Crippen molar-refractivity contribution >= 4 is 46.1 Å². The number of carbonyl (C=O) groups excluding carboxylic acids is 3. The fourth-order valence-electron chi connectivity index (χ4n) is 11.9. The second-order valence-corrected chi connectivity index (χ2v) is 19.8. The van der Waals surface area contributed by atoms with Crippen molar-refractivity contribution in [1.29, 1.82) is 0 Å². The Labute approximate surface area is 393 Å². The van der Waals surface area contributed by atoms with Gasteiger partial charge in [0.1, 0.15) is 11.6 Å². The predicted octanol–water partition coefficient (Wildman–Crippen LogP) is 5.49. The van der Waals surface area contributed by atoms with Crippen LogP contribution < -0.4 is 25.2 Å². The van der Waals surface area contributed by atoms with Gasteiger partial charge in [0.05, 0.1) is 53.7 Å². The van der Waals surface area contributed by atoms with Gasteiger partial charge in [-0.25, -0.2) is 18.4 Å². The number of pyridine rings is 1. The van der Waals surface area contributed by atoms with E-state index < -0.39 is 29.4 Å². The maximum Gasteiger partial charge on any atom is 0.258 e. The summed E-state index contributed by atoms with van der Waals surface area (Å²) in [4.78, 5) is 57.5. The van der Waals surface area contributed by atoms with Crippen molar-refractivity contribution in [3.8, 4) is 17.1 Å². The fourth-order valence-corrected chi connectivity index (χ4v) is 11.9. The van der Waals surface area contributed by atoms with Gasteiger partial charge in [0.2, 0.25) is 23.6 Å². The number of nitrogens with zero attached hydrogens (tertiary/aromatic N) is 9. The lowest BCUT2D eigenvalue weighted by atomic mass is 9.89. The predicted molar refractivity (Wildman–Crippen MR) is 252 cm³/mol. The zero-order valence-corrected chi connectivity index (χ0v) is 38.9. The van der Waals surface area contributed by atoms with Gasteiger partial charge in [-0.3, -0.25) is 39.8 Å². The fraction of sp³-hybridized carbons (Fsp3) is 0.520. The van der Waals surface area contributed by atoms with Gasteiger partial charge in [-0.2, -0.15) is 5.10 Å². The normalized spacial score (nSPS) is 24.5. The molecule has 5 aliphatic heterocycles. The Bertz CT molecular complexity index is 2740. The number of nitrogens with one attached hydrogen (secondary N) is 2. The Morgan fingerprint density at radius 3 is 2.40 bits per heavy atom. The van der Waals surface area contributed by atoms with Crippen LogP contribution in [0.4, 0.5) is 26.1 Å². The topological polar surface area (TPSA) is 155 Å². The molecule has 0 radical (unpaired) electrons. The smallest absolute Gasteiger partial charge is 0.258 e. The average molecular weight is 932 g/mol. The van der Waals surface area contributed by atoms with E-state index >= 15 is 8.78 Å². The molecule has 4 bridgehead atoms. The SMILES string of the molecule is COC[C@H]1CN(c2ccc3nc4n(c3c2)C[C@@H]2CC[C@H](COc3c(cnn3C)-c3cc(cc(C)n3)C(=O)N4)C2)CCN1C1CN(C2CCN(c3cc(F)c([C@H]4CCC(=O)NC4=O)c(F)c3)CC2)C1. The highest BCUT2D eigenvalue weighted by atomic mass is 19.1. The molecule has 1 aliphatic carbocycles. The second-order valence-electron chi connectivity index (χ2n) is 19.8. The molecule has 5 aromatic rings. The standard InChI is InChI=1S/C50H59F2N11O5/c1-29-16-32-18-43(54-29)39-22-53-58(2)49(39)68-27-31-5-4-30(17-31)23-63-44-21-34(6-8-42(44)55-50(63)57-47(32)65)60-14-15-62(37(26-60)28-67-3)36-24-61(25-36)33-10-12-59(13-11-33)35-19-40(51)46(41(52)20-35)38-7-9-45(64)56-48(38)66/h6,8,16,18-22,30-31,33,36-38H,4-5,7,9-15,17,23-28H2,1-3H3,(H,55,57,65)(H,56,64,66)/t30-,31+,37-,38-/m1/s1. The summed E-state index contributed by atoms with van der Waals surface area (Å²) in [6, 6.07) is 13.7. The first kappa shape index (κ1) is 44.5. The number of aromatic nitrogens is 5. The summed E-state index contributed by atoms with van der Waals surface area (Å²) in [6.45, 7) is 9.69. The van der Waals surface area contributed by atoms with E-state index in [-0.39, 0.29) is 30.4 Å². The lowest BCUT2D eigenvalue weighted by Gasteiger charge is -2.54. The Balaban J connectivity index is 0.753. The van der Waals surface area contributed by atoms with Crippen LogP contribution in [0, 0.1) is 30.4 Å². The number of halogens is 2. The van der Waals surface area contributed by atoms with Crippen LogP contribution >= 0.6 is 0 Å². The summed E-state index contributed by atoms with van der Waals surface area (Å²) in [5, 5.41) is 9.87. The van der Waals surface area contributed by atoms with Crippen LogP contribution in [-0.2, 0) is 27.9 Å². The van der Waals surface area contributed by atoms with Gasteiger partial charge in [0.25, 0.3) is 5.91 Å². The number of ether oxygens (including phenoxy) is 2. The Kier molecular flexibility index (Phi) is 11.9. The number of fused-ring (bicyclic) bond motifs is 9. The van der Waals surface area contributed by atoms with Crippen molar-refractivity contribution in [2.75, 3.05) is 81.3 Å². The van der Waals surface area contributed by atoms with Crippen LogP contribution in [0.2, 0.25) is 0 Å². The van der Waals surface area contributed by atoms with E-state index in [1.54, 1.807) is 30.1 Å². The van der Waals surface area contributed by atoms with E-state index in [1.807, 2.05) is 18.9 Å². The maximum absolute atomic E-state index is 15.4. The third-order valence-corrected chi connectivity index (χ3v) is 15.5. The molecule has 68 heavy (non-hydrogen) atoms. The number of piperazine rings is 1. The van der Waals surface area contributed by atoms with Crippen molar-refractivity contribution in [2.24, 2.45) is 18.9 Å². The summed E-state index contributed by atoms with van der Waals surface area (Å²) in [7, 11) is 3.64. The first-order chi connectivity index (χ1) is 33.0. The number of methoxy groups -OCH3 is 1. The van der Waals surface area contributed by atoms with Gasteiger partial charge in [0, 0.05) is 113 Å². The molecule has 3 amide bonds. The number of hydrogen-bond acceptors (Lipinski definition) is 12. The summed E-state index contributed by atoms with van der Waals surface area (Å²) >= 11 is 0. The molecule has 6 aliphatic rings. The molecule has 16 nitrogen and oxygen atoms in total. The number of imidazole rings is 1. The number of hydrogen-bond donors (Lipinski definition) is 2. The average Bonchev–Trinajstić information content (AvgIpc) is 4.02. The minimum Gasteiger partial charge on any atom is -0.477 e. The highest BCUT2D eigenvalue weighted by molar-refractivity contribution is 6.05. The maximum atomic E-state index is 15.4. The molecular formula is C50H59F2N11O5. The summed E-state index contributed by atoms with van der Waals surface area (Å²) < 4.78 is 47.0. The quantitative estimate of drug-likeness (QED) is 0.199. The number of benzene rings is 2. The van der Waals surface area contributed by atoms with Crippen LogP contribution in [0.5, 0.6) is 5.88 Å². The third-order valence-electron chi connectivity index (χ3n) is 15.5. The van der Waals surface area contributed by atoms with Crippen molar-refractivity contribution in [3.63, 3.8) is 0 Å². The monoisotopic (exact) mass is 931 g/mol. The molecular weight excluding hydrogens is 873 g/mol. The van der Waals surface area contributed by atoms with Crippen LogP contribution in [0.15, 0.2) is 48.7 Å². The number of likely N-dealkylation sites (tertiary alicyclic amines) is 1. The van der Waals surface area contributed by atoms with Crippen LogP contribution in [-0.4, -0.2) is 136 Å².